The Bertz CT molecular complexity index is 523. The van der Waals surface area contributed by atoms with Crippen molar-refractivity contribution in [3.05, 3.63) is 59.9 Å². The molecule has 0 aliphatic carbocycles. The van der Waals surface area contributed by atoms with E-state index in [1.807, 2.05) is 0 Å². The average molecular weight is 284 g/mol. The number of aliphatic hydroxyl groups excluding tert-OH is 1. The highest BCUT2D eigenvalue weighted by molar-refractivity contribution is 6.60. The van der Waals surface area contributed by atoms with Crippen LogP contribution in [0.3, 0.4) is 0 Å². The molecule has 0 saturated heterocycles. The van der Waals surface area contributed by atoms with Crippen molar-refractivity contribution in [3.8, 4) is 0 Å². The van der Waals surface area contributed by atoms with Gasteiger partial charge in [0.2, 0.25) is 10.1 Å². The van der Waals surface area contributed by atoms with Crippen LogP contribution in [0.5, 0.6) is 0 Å². The molecule has 3 nitrogen and oxygen atoms in total. The Hall–Kier alpha value is -1.29. The molecule has 0 aliphatic heterocycles. The highest BCUT2D eigenvalue weighted by Gasteiger charge is 2.43. The van der Waals surface area contributed by atoms with Gasteiger partial charge in [-0.05, 0) is 17.7 Å². The third kappa shape index (κ3) is 2.43. The summed E-state index contributed by atoms with van der Waals surface area (Å²) >= 11 is 12.0. The van der Waals surface area contributed by atoms with Gasteiger partial charge in [0.1, 0.15) is 6.10 Å². The number of aromatic amines is 1. The van der Waals surface area contributed by atoms with Gasteiger partial charge in [-0.1, -0.05) is 53.5 Å². The molecule has 2 N–H and O–H groups in total. The number of nitrogens with one attached hydrogen (secondary N) is 1. The molecule has 0 spiro atoms. The number of rotatable bonds is 4. The predicted molar refractivity (Wildman–Crippen MR) is 71.0 cm³/mol. The maximum atomic E-state index is 12.1. The molecule has 94 valence electrons. The summed E-state index contributed by atoms with van der Waals surface area (Å²) in [5.41, 5.74) is 0.748. The number of aliphatic hydroxyl groups is 1. The summed E-state index contributed by atoms with van der Waals surface area (Å²) in [6.07, 6.45) is 0.296. The predicted octanol–water partition coefficient (Wildman–Crippen LogP) is 3.10. The summed E-state index contributed by atoms with van der Waals surface area (Å²) in [7, 11) is 0. The van der Waals surface area contributed by atoms with Gasteiger partial charge in [-0.3, -0.25) is 4.79 Å². The van der Waals surface area contributed by atoms with Crippen molar-refractivity contribution in [3.63, 3.8) is 0 Å². The summed E-state index contributed by atoms with van der Waals surface area (Å²) < 4.78 is -1.92. The highest BCUT2D eigenvalue weighted by Crippen LogP contribution is 2.38. The molecule has 18 heavy (non-hydrogen) atoms. The Balaban J connectivity index is 2.28. The number of H-pyrrole nitrogens is 1. The molecular formula is C13H11Cl2NO2. The molecule has 2 rings (SSSR count). The lowest BCUT2D eigenvalue weighted by Crippen LogP contribution is -2.33. The van der Waals surface area contributed by atoms with Crippen molar-refractivity contribution in [1.82, 2.24) is 4.98 Å². The van der Waals surface area contributed by atoms with Crippen LogP contribution in [0.25, 0.3) is 0 Å². The van der Waals surface area contributed by atoms with Gasteiger partial charge in [0.05, 0.1) is 5.69 Å². The number of carbonyl (C=O) groups is 1. The Morgan fingerprint density at radius 3 is 2.39 bits per heavy atom. The summed E-state index contributed by atoms with van der Waals surface area (Å²) in [6.45, 7) is 0. The zero-order valence-corrected chi connectivity index (χ0v) is 10.8. The Morgan fingerprint density at radius 2 is 1.83 bits per heavy atom. The molecule has 5 heteroatoms. The first-order valence-electron chi connectivity index (χ1n) is 5.32. The number of carbonyl (C=O) groups excluding carboxylic acids is 1. The lowest BCUT2D eigenvalue weighted by Gasteiger charge is -2.24. The fourth-order valence-corrected chi connectivity index (χ4v) is 2.08. The van der Waals surface area contributed by atoms with Crippen LogP contribution in [-0.2, 0) is 0 Å². The molecule has 1 heterocycles. The molecule has 0 fully saturated rings. The minimum atomic E-state index is -1.92. The van der Waals surface area contributed by atoms with Crippen molar-refractivity contribution in [2.45, 2.75) is 10.4 Å². The average Bonchev–Trinajstić information content (AvgIpc) is 2.91. The van der Waals surface area contributed by atoms with E-state index in [9.17, 15) is 9.90 Å². The van der Waals surface area contributed by atoms with Crippen LogP contribution in [0.2, 0.25) is 0 Å². The van der Waals surface area contributed by atoms with Crippen LogP contribution in [0.15, 0.2) is 48.7 Å². The van der Waals surface area contributed by atoms with Gasteiger partial charge in [-0.2, -0.15) is 0 Å². The molecule has 0 amide bonds. The molecular weight excluding hydrogens is 273 g/mol. The van der Waals surface area contributed by atoms with Gasteiger partial charge in [0.15, 0.2) is 0 Å². The second-order valence-corrected chi connectivity index (χ2v) is 5.23. The molecule has 2 aromatic rings. The van der Waals surface area contributed by atoms with Gasteiger partial charge in [-0.15, -0.1) is 0 Å². The number of aromatic nitrogens is 1. The van der Waals surface area contributed by atoms with E-state index in [0.717, 1.165) is 0 Å². The third-order valence-corrected chi connectivity index (χ3v) is 3.36. The van der Waals surface area contributed by atoms with E-state index in [-0.39, 0.29) is 5.69 Å². The smallest absolute Gasteiger partial charge is 0.217 e. The molecule has 0 aliphatic rings. The molecule has 1 unspecified atom stereocenters. The fourth-order valence-electron chi connectivity index (χ4n) is 1.62. The van der Waals surface area contributed by atoms with E-state index in [1.54, 1.807) is 48.7 Å². The maximum absolute atomic E-state index is 12.1. The van der Waals surface area contributed by atoms with Gasteiger partial charge >= 0.3 is 0 Å². The summed E-state index contributed by atoms with van der Waals surface area (Å²) in [6, 6.07) is 11.8. The van der Waals surface area contributed by atoms with Crippen LogP contribution < -0.4 is 0 Å². The van der Waals surface area contributed by atoms with Gasteiger partial charge in [-0.25, -0.2) is 0 Å². The van der Waals surface area contributed by atoms with Gasteiger partial charge in [0.25, 0.3) is 0 Å². The number of halogens is 2. The van der Waals surface area contributed by atoms with Crippen LogP contribution in [0.4, 0.5) is 0 Å². The van der Waals surface area contributed by atoms with E-state index in [0.29, 0.717) is 5.56 Å². The van der Waals surface area contributed by atoms with Gasteiger partial charge < -0.3 is 10.1 Å². The van der Waals surface area contributed by atoms with Crippen molar-refractivity contribution in [2.24, 2.45) is 0 Å². The van der Waals surface area contributed by atoms with E-state index in [1.165, 1.54) is 0 Å². The summed E-state index contributed by atoms with van der Waals surface area (Å²) in [4.78, 5) is 14.8. The largest absolute Gasteiger partial charge is 0.385 e. The van der Waals surface area contributed by atoms with Crippen LogP contribution >= 0.6 is 23.2 Å². The Labute approximate surface area is 114 Å². The fraction of sp³-hybridized carbons (Fsp3) is 0.154. The number of hydrogen-bond donors (Lipinski definition) is 2. The summed E-state index contributed by atoms with van der Waals surface area (Å²) in [5.74, 6) is -0.563. The van der Waals surface area contributed by atoms with E-state index in [4.69, 9.17) is 23.2 Å². The summed E-state index contributed by atoms with van der Waals surface area (Å²) in [5, 5.41) is 10.1. The SMILES string of the molecule is O=C(c1ccc[nH]1)C(Cl)(Cl)C(O)c1ccccc1. The van der Waals surface area contributed by atoms with Crippen LogP contribution in [-0.4, -0.2) is 20.2 Å². The lowest BCUT2D eigenvalue weighted by atomic mass is 10.0. The van der Waals surface area contributed by atoms with E-state index in [2.05, 4.69) is 4.98 Å². The van der Waals surface area contributed by atoms with Crippen molar-refractivity contribution >= 4 is 29.0 Å². The first-order valence-corrected chi connectivity index (χ1v) is 6.08. The molecule has 1 aromatic heterocycles. The van der Waals surface area contributed by atoms with E-state index < -0.39 is 16.2 Å². The van der Waals surface area contributed by atoms with E-state index >= 15 is 0 Å². The Morgan fingerprint density at radius 1 is 1.17 bits per heavy atom. The number of hydrogen-bond acceptors (Lipinski definition) is 2. The minimum Gasteiger partial charge on any atom is -0.385 e. The molecule has 0 saturated carbocycles. The monoisotopic (exact) mass is 283 g/mol. The number of alkyl halides is 2. The molecule has 1 atom stereocenters. The number of Topliss-reactive ketones (excluding diaryl/α,β-unsaturated/α-hetero) is 1. The lowest BCUT2D eigenvalue weighted by molar-refractivity contribution is 0.0846. The zero-order valence-electron chi connectivity index (χ0n) is 9.31. The third-order valence-electron chi connectivity index (χ3n) is 2.60. The van der Waals surface area contributed by atoms with Crippen LogP contribution in [0.1, 0.15) is 22.2 Å². The second-order valence-electron chi connectivity index (χ2n) is 3.85. The molecule has 0 radical (unpaired) electrons. The van der Waals surface area contributed by atoms with Crippen molar-refractivity contribution in [1.29, 1.82) is 0 Å². The van der Waals surface area contributed by atoms with Gasteiger partial charge in [0, 0.05) is 6.20 Å². The quantitative estimate of drug-likeness (QED) is 0.669. The minimum absolute atomic E-state index is 0.259. The topological polar surface area (TPSA) is 53.1 Å². The molecule has 0 bridgehead atoms. The van der Waals surface area contributed by atoms with Crippen molar-refractivity contribution < 1.29 is 9.90 Å². The first kappa shape index (κ1) is 13.1. The van der Waals surface area contributed by atoms with Crippen molar-refractivity contribution in [2.75, 3.05) is 0 Å². The maximum Gasteiger partial charge on any atom is 0.217 e. The normalized spacial score (nSPS) is 13.3. The second kappa shape index (κ2) is 5.14. The number of ketones is 1. The Kier molecular flexibility index (Phi) is 3.76. The zero-order chi connectivity index (χ0) is 13.2. The standard InChI is InChI=1S/C13H11Cl2NO2/c14-13(15,12(18)10-7-4-8-16-10)11(17)9-5-2-1-3-6-9/h1-8,11,16-17H. The highest BCUT2D eigenvalue weighted by atomic mass is 35.5. The molecule has 1 aromatic carbocycles. The van der Waals surface area contributed by atoms with Crippen LogP contribution in [0, 0.1) is 0 Å². The number of benzene rings is 1. The first-order chi connectivity index (χ1) is 8.53.